The Kier molecular flexibility index (Phi) is 9.48. The Bertz CT molecular complexity index is 805. The lowest BCUT2D eigenvalue weighted by Crippen LogP contribution is -2.66. The summed E-state index contributed by atoms with van der Waals surface area (Å²) < 4.78 is 32.7. The summed E-state index contributed by atoms with van der Waals surface area (Å²) in [7, 11) is -0.268. The standard InChI is InChI=1S/C20H26BNO10/c1-11(23)22-17-19(29-14(4)26)18(28-13(3)25)16(10-27-12(2)24)30-20(17)32-21-31-15-8-6-5-7-9-15/h5-9,16-21H,10H2,1-4H3,(H,22,23)/t16-,17-,18-,19-,20?/m1/s1. The van der Waals surface area contributed by atoms with Crippen LogP contribution in [0.2, 0.25) is 0 Å². The van der Waals surface area contributed by atoms with E-state index in [2.05, 4.69) is 5.32 Å². The van der Waals surface area contributed by atoms with E-state index in [1.807, 2.05) is 6.07 Å². The first-order valence-electron chi connectivity index (χ1n) is 9.87. The predicted octanol–water partition coefficient (Wildman–Crippen LogP) is 0.00460. The third-order valence-corrected chi connectivity index (χ3v) is 4.27. The van der Waals surface area contributed by atoms with Gasteiger partial charge in [-0.05, 0) is 12.1 Å². The van der Waals surface area contributed by atoms with Gasteiger partial charge in [0.1, 0.15) is 24.5 Å². The average molecular weight is 451 g/mol. The van der Waals surface area contributed by atoms with E-state index in [0.29, 0.717) is 5.75 Å². The highest BCUT2D eigenvalue weighted by atomic mass is 16.7. The Balaban J connectivity index is 2.28. The van der Waals surface area contributed by atoms with Gasteiger partial charge >= 0.3 is 25.6 Å². The van der Waals surface area contributed by atoms with Crippen LogP contribution in [-0.2, 0) is 42.8 Å². The summed E-state index contributed by atoms with van der Waals surface area (Å²) >= 11 is 0. The fraction of sp³-hybridized carbons (Fsp3) is 0.500. The number of carbonyl (C=O) groups excluding carboxylic acids is 4. The third-order valence-electron chi connectivity index (χ3n) is 4.27. The Morgan fingerprint density at radius 2 is 1.56 bits per heavy atom. The van der Waals surface area contributed by atoms with Gasteiger partial charge in [0, 0.05) is 27.7 Å². The second-order valence-corrected chi connectivity index (χ2v) is 6.96. The van der Waals surface area contributed by atoms with Gasteiger partial charge in [0.05, 0.1) is 0 Å². The molecule has 32 heavy (non-hydrogen) atoms. The molecule has 0 spiro atoms. The van der Waals surface area contributed by atoms with E-state index in [-0.39, 0.29) is 14.3 Å². The minimum absolute atomic E-state index is 0.268. The van der Waals surface area contributed by atoms with Crippen molar-refractivity contribution >= 4 is 31.5 Å². The number of hydrogen-bond donors (Lipinski definition) is 1. The van der Waals surface area contributed by atoms with Crippen molar-refractivity contribution in [3.63, 3.8) is 0 Å². The number of para-hydroxylation sites is 1. The van der Waals surface area contributed by atoms with Crippen LogP contribution in [0.5, 0.6) is 5.75 Å². The highest BCUT2D eigenvalue weighted by molar-refractivity contribution is 6.19. The SMILES string of the molecule is CC(=O)N[C@H]1C(OBOc2ccccc2)O[C@H](COC(C)=O)[C@@H](OC(C)=O)[C@@H]1OC(C)=O. The number of ether oxygens (including phenoxy) is 4. The largest absolute Gasteiger partial charge is 0.539 e. The molecule has 174 valence electrons. The average Bonchev–Trinajstić information content (AvgIpc) is 2.70. The molecule has 0 bridgehead atoms. The summed E-state index contributed by atoms with van der Waals surface area (Å²) in [5.74, 6) is -1.89. The summed E-state index contributed by atoms with van der Waals surface area (Å²) in [5, 5.41) is 2.60. The Labute approximate surface area is 185 Å². The molecule has 1 aliphatic heterocycles. The zero-order valence-electron chi connectivity index (χ0n) is 18.3. The summed E-state index contributed by atoms with van der Waals surface area (Å²) in [6.45, 7) is 4.48. The van der Waals surface area contributed by atoms with Gasteiger partial charge in [-0.15, -0.1) is 0 Å². The number of amides is 1. The molecular formula is C20H26BNO10. The molecule has 1 aliphatic rings. The van der Waals surface area contributed by atoms with Crippen molar-refractivity contribution in [2.75, 3.05) is 6.61 Å². The van der Waals surface area contributed by atoms with Crippen molar-refractivity contribution in [2.24, 2.45) is 0 Å². The van der Waals surface area contributed by atoms with E-state index in [9.17, 15) is 19.2 Å². The molecule has 1 heterocycles. The van der Waals surface area contributed by atoms with Crippen molar-refractivity contribution in [1.82, 2.24) is 5.32 Å². The van der Waals surface area contributed by atoms with Gasteiger partial charge in [0.2, 0.25) is 5.91 Å². The van der Waals surface area contributed by atoms with E-state index < -0.39 is 54.5 Å². The lowest BCUT2D eigenvalue weighted by Gasteiger charge is -2.44. The van der Waals surface area contributed by atoms with Crippen LogP contribution in [-0.4, -0.2) is 68.8 Å². The highest BCUT2D eigenvalue weighted by Crippen LogP contribution is 2.28. The molecule has 0 aromatic heterocycles. The first-order valence-corrected chi connectivity index (χ1v) is 9.87. The Morgan fingerprint density at radius 3 is 2.12 bits per heavy atom. The second kappa shape index (κ2) is 12.1. The number of nitrogens with one attached hydrogen (secondary N) is 1. The van der Waals surface area contributed by atoms with Crippen LogP contribution < -0.4 is 9.97 Å². The maximum atomic E-state index is 11.8. The van der Waals surface area contributed by atoms with E-state index >= 15 is 0 Å². The van der Waals surface area contributed by atoms with E-state index in [1.165, 1.54) is 20.8 Å². The maximum Gasteiger partial charge on any atom is 0.508 e. The molecule has 12 heteroatoms. The van der Waals surface area contributed by atoms with Gasteiger partial charge in [0.25, 0.3) is 0 Å². The predicted molar refractivity (Wildman–Crippen MR) is 109 cm³/mol. The van der Waals surface area contributed by atoms with Crippen molar-refractivity contribution in [3.8, 4) is 5.75 Å². The molecule has 1 aromatic carbocycles. The molecular weight excluding hydrogens is 425 g/mol. The number of rotatable bonds is 9. The van der Waals surface area contributed by atoms with Crippen molar-refractivity contribution in [1.29, 1.82) is 0 Å². The first-order chi connectivity index (χ1) is 15.2. The first kappa shape index (κ1) is 25.1. The summed E-state index contributed by atoms with van der Waals surface area (Å²) in [6.07, 6.45) is -4.59. The Morgan fingerprint density at radius 1 is 0.938 bits per heavy atom. The van der Waals surface area contributed by atoms with Gasteiger partial charge in [-0.25, -0.2) is 0 Å². The molecule has 0 radical (unpaired) electrons. The topological polar surface area (TPSA) is 136 Å². The molecule has 1 saturated heterocycles. The van der Waals surface area contributed by atoms with E-state index in [4.69, 9.17) is 28.3 Å². The van der Waals surface area contributed by atoms with Crippen LogP contribution in [0, 0.1) is 0 Å². The van der Waals surface area contributed by atoms with Crippen LogP contribution in [0.1, 0.15) is 27.7 Å². The number of benzene rings is 1. The van der Waals surface area contributed by atoms with Crippen molar-refractivity contribution in [2.45, 2.75) is 58.3 Å². The van der Waals surface area contributed by atoms with Gasteiger partial charge in [-0.1, -0.05) is 18.2 Å². The number of hydrogen-bond acceptors (Lipinski definition) is 10. The zero-order valence-corrected chi connectivity index (χ0v) is 18.3. The summed E-state index contributed by atoms with van der Waals surface area (Å²) in [5.41, 5.74) is 0. The van der Waals surface area contributed by atoms with Crippen LogP contribution in [0.3, 0.4) is 0 Å². The van der Waals surface area contributed by atoms with Crippen LogP contribution in [0.15, 0.2) is 30.3 Å². The third kappa shape index (κ3) is 7.86. The molecule has 1 amide bonds. The van der Waals surface area contributed by atoms with Crippen LogP contribution in [0.25, 0.3) is 0 Å². The fourth-order valence-electron chi connectivity index (χ4n) is 3.12. The molecule has 1 fully saturated rings. The Hall–Kier alpha value is -3.12. The molecule has 2 rings (SSSR count). The van der Waals surface area contributed by atoms with Crippen LogP contribution >= 0.6 is 0 Å². The lowest BCUT2D eigenvalue weighted by atomic mass is 9.95. The molecule has 1 N–H and O–H groups in total. The number of carbonyl (C=O) groups is 4. The quantitative estimate of drug-likeness (QED) is 0.311. The number of esters is 3. The highest BCUT2D eigenvalue weighted by Gasteiger charge is 2.51. The molecule has 1 unspecified atom stereocenters. The summed E-state index contributed by atoms with van der Waals surface area (Å²) in [4.78, 5) is 46.6. The van der Waals surface area contributed by atoms with Crippen molar-refractivity contribution < 1.29 is 47.4 Å². The molecule has 1 aromatic rings. The van der Waals surface area contributed by atoms with Gasteiger partial charge in [0.15, 0.2) is 18.5 Å². The van der Waals surface area contributed by atoms with Gasteiger partial charge in [-0.2, -0.15) is 0 Å². The molecule has 0 saturated carbocycles. The van der Waals surface area contributed by atoms with Gasteiger partial charge in [-0.3, -0.25) is 19.2 Å². The summed E-state index contributed by atoms with van der Waals surface area (Å²) in [6, 6.07) is 7.78. The monoisotopic (exact) mass is 451 g/mol. The minimum Gasteiger partial charge on any atom is -0.539 e. The van der Waals surface area contributed by atoms with Crippen molar-refractivity contribution in [3.05, 3.63) is 30.3 Å². The maximum absolute atomic E-state index is 11.8. The second-order valence-electron chi connectivity index (χ2n) is 6.96. The zero-order chi connectivity index (χ0) is 23.7. The van der Waals surface area contributed by atoms with Gasteiger partial charge < -0.3 is 33.6 Å². The molecule has 5 atom stereocenters. The minimum atomic E-state index is -1.18. The van der Waals surface area contributed by atoms with Crippen LogP contribution in [0.4, 0.5) is 0 Å². The smallest absolute Gasteiger partial charge is 0.508 e. The normalized spacial score (nSPS) is 24.6. The molecule has 0 aliphatic carbocycles. The lowest BCUT2D eigenvalue weighted by molar-refractivity contribution is -0.258. The fourth-order valence-corrected chi connectivity index (χ4v) is 3.12. The molecule has 11 nitrogen and oxygen atoms in total. The van der Waals surface area contributed by atoms with E-state index in [1.54, 1.807) is 24.3 Å². The van der Waals surface area contributed by atoms with E-state index in [0.717, 1.165) is 6.92 Å².